The molecular weight excluding hydrogens is 288 g/mol. The van der Waals surface area contributed by atoms with Crippen LogP contribution in [0, 0.1) is 5.92 Å². The Balaban J connectivity index is 1.75. The largest absolute Gasteiger partial charge is 0.496 e. The van der Waals surface area contributed by atoms with E-state index in [1.165, 1.54) is 24.8 Å². The molecule has 4 heteroatoms. The third-order valence-corrected chi connectivity index (χ3v) is 5.41. The number of rotatable bonds is 3. The summed E-state index contributed by atoms with van der Waals surface area (Å²) in [6, 6.07) is 8.39. The van der Waals surface area contributed by atoms with Gasteiger partial charge in [-0.15, -0.1) is 0 Å². The number of carbonyl (C=O) groups is 1. The molecule has 126 valence electrons. The number of hydrogen-bond acceptors (Lipinski definition) is 3. The number of likely N-dealkylation sites (N-methyl/N-ethyl adjacent to an activating group) is 1. The summed E-state index contributed by atoms with van der Waals surface area (Å²) in [5, 5.41) is 0. The summed E-state index contributed by atoms with van der Waals surface area (Å²) in [6.07, 6.45) is 5.85. The van der Waals surface area contributed by atoms with E-state index in [0.717, 1.165) is 38.2 Å². The van der Waals surface area contributed by atoms with Crippen molar-refractivity contribution in [2.45, 2.75) is 38.1 Å². The minimum atomic E-state index is 0.215. The molecular formula is C19H28N2O2. The number of piperazine rings is 1. The molecule has 1 atom stereocenters. The Morgan fingerprint density at radius 2 is 1.87 bits per heavy atom. The monoisotopic (exact) mass is 316 g/mol. The molecule has 1 saturated carbocycles. The van der Waals surface area contributed by atoms with Crippen LogP contribution in [0.1, 0.15) is 43.7 Å². The molecule has 0 N–H and O–H groups in total. The Bertz CT molecular complexity index is 540. The van der Waals surface area contributed by atoms with Gasteiger partial charge in [0, 0.05) is 31.1 Å². The maximum Gasteiger partial charge on any atom is 0.225 e. The number of ether oxygens (including phenoxy) is 1. The van der Waals surface area contributed by atoms with Gasteiger partial charge in [0.05, 0.1) is 13.2 Å². The zero-order valence-corrected chi connectivity index (χ0v) is 14.3. The van der Waals surface area contributed by atoms with E-state index in [-0.39, 0.29) is 12.0 Å². The van der Waals surface area contributed by atoms with Gasteiger partial charge >= 0.3 is 0 Å². The van der Waals surface area contributed by atoms with Gasteiger partial charge in [-0.2, -0.15) is 0 Å². The molecule has 1 aromatic rings. The molecule has 23 heavy (non-hydrogen) atoms. The van der Waals surface area contributed by atoms with E-state index in [1.54, 1.807) is 7.11 Å². The minimum absolute atomic E-state index is 0.215. The Morgan fingerprint density at radius 1 is 1.13 bits per heavy atom. The third kappa shape index (κ3) is 3.52. The van der Waals surface area contributed by atoms with Gasteiger partial charge in [0.1, 0.15) is 5.75 Å². The van der Waals surface area contributed by atoms with E-state index in [0.29, 0.717) is 5.91 Å². The number of para-hydroxylation sites is 1. The van der Waals surface area contributed by atoms with Gasteiger partial charge < -0.3 is 9.64 Å². The molecule has 1 aliphatic carbocycles. The first-order valence-electron chi connectivity index (χ1n) is 8.82. The number of benzene rings is 1. The van der Waals surface area contributed by atoms with Gasteiger partial charge in [-0.3, -0.25) is 9.69 Å². The van der Waals surface area contributed by atoms with Crippen molar-refractivity contribution in [3.8, 4) is 5.75 Å². The molecule has 1 heterocycles. The molecule has 1 unspecified atom stereocenters. The number of amides is 1. The first kappa shape index (κ1) is 16.3. The predicted molar refractivity (Wildman–Crippen MR) is 91.5 cm³/mol. The fourth-order valence-corrected chi connectivity index (χ4v) is 3.96. The van der Waals surface area contributed by atoms with E-state index in [9.17, 15) is 4.79 Å². The number of methoxy groups -OCH3 is 1. The molecule has 3 rings (SSSR count). The summed E-state index contributed by atoms with van der Waals surface area (Å²) in [5.41, 5.74) is 1.18. The highest BCUT2D eigenvalue weighted by molar-refractivity contribution is 5.79. The van der Waals surface area contributed by atoms with E-state index < -0.39 is 0 Å². The molecule has 1 saturated heterocycles. The van der Waals surface area contributed by atoms with Crippen LogP contribution in [-0.4, -0.2) is 49.5 Å². The maximum absolute atomic E-state index is 12.9. The lowest BCUT2D eigenvalue weighted by Gasteiger charge is -2.41. The zero-order chi connectivity index (χ0) is 16.2. The van der Waals surface area contributed by atoms with Crippen LogP contribution in [0.4, 0.5) is 0 Å². The predicted octanol–water partition coefficient (Wildman–Crippen LogP) is 3.09. The molecule has 0 bridgehead atoms. The van der Waals surface area contributed by atoms with Crippen LogP contribution in [0.5, 0.6) is 5.75 Å². The van der Waals surface area contributed by atoms with Crippen LogP contribution >= 0.6 is 0 Å². The van der Waals surface area contributed by atoms with Gasteiger partial charge in [-0.05, 0) is 26.0 Å². The summed E-state index contributed by atoms with van der Waals surface area (Å²) in [7, 11) is 3.85. The summed E-state index contributed by atoms with van der Waals surface area (Å²) >= 11 is 0. The summed E-state index contributed by atoms with van der Waals surface area (Å²) in [5.74, 6) is 1.54. The van der Waals surface area contributed by atoms with Crippen molar-refractivity contribution < 1.29 is 9.53 Å². The van der Waals surface area contributed by atoms with Gasteiger partial charge in [-0.1, -0.05) is 37.5 Å². The molecule has 0 aromatic heterocycles. The lowest BCUT2D eigenvalue weighted by atomic mass is 9.88. The van der Waals surface area contributed by atoms with Crippen molar-refractivity contribution in [3.63, 3.8) is 0 Å². The quantitative estimate of drug-likeness (QED) is 0.859. The highest BCUT2D eigenvalue weighted by Gasteiger charge is 2.33. The second kappa shape index (κ2) is 7.35. The summed E-state index contributed by atoms with van der Waals surface area (Å²) in [4.78, 5) is 17.3. The first-order valence-corrected chi connectivity index (χ1v) is 8.82. The molecule has 1 aromatic carbocycles. The van der Waals surface area contributed by atoms with Crippen LogP contribution in [0.2, 0.25) is 0 Å². The summed E-state index contributed by atoms with van der Waals surface area (Å²) < 4.78 is 5.53. The lowest BCUT2D eigenvalue weighted by molar-refractivity contribution is -0.139. The SMILES string of the molecule is COc1ccccc1C1CN(C(=O)C2CCCCC2)CCN1C. The lowest BCUT2D eigenvalue weighted by Crippen LogP contribution is -2.50. The molecule has 1 amide bonds. The van der Waals surface area contributed by atoms with Crippen LogP contribution in [-0.2, 0) is 4.79 Å². The smallest absolute Gasteiger partial charge is 0.225 e. The van der Waals surface area contributed by atoms with Gasteiger partial charge in [0.2, 0.25) is 5.91 Å². The molecule has 1 aliphatic heterocycles. The van der Waals surface area contributed by atoms with Crippen molar-refractivity contribution in [1.29, 1.82) is 0 Å². The Labute approximate surface area is 139 Å². The Morgan fingerprint density at radius 3 is 2.61 bits per heavy atom. The normalized spacial score (nSPS) is 23.7. The fourth-order valence-electron chi connectivity index (χ4n) is 3.96. The first-order chi connectivity index (χ1) is 11.2. The van der Waals surface area contributed by atoms with Gasteiger partial charge in [-0.25, -0.2) is 0 Å². The number of hydrogen-bond donors (Lipinski definition) is 0. The van der Waals surface area contributed by atoms with E-state index in [2.05, 4.69) is 22.9 Å². The van der Waals surface area contributed by atoms with E-state index in [1.807, 2.05) is 18.2 Å². The average Bonchev–Trinajstić information content (AvgIpc) is 2.62. The van der Waals surface area contributed by atoms with Crippen molar-refractivity contribution in [3.05, 3.63) is 29.8 Å². The zero-order valence-electron chi connectivity index (χ0n) is 14.3. The van der Waals surface area contributed by atoms with Gasteiger partial charge in [0.25, 0.3) is 0 Å². The standard InChI is InChI=1S/C19H28N2O2/c1-20-12-13-21(19(22)15-8-4-3-5-9-15)14-17(20)16-10-6-7-11-18(16)23-2/h6-7,10-11,15,17H,3-5,8-9,12-14H2,1-2H3. The van der Waals surface area contributed by atoms with Crippen LogP contribution < -0.4 is 4.74 Å². The molecule has 2 fully saturated rings. The highest BCUT2D eigenvalue weighted by Crippen LogP contribution is 2.33. The second-order valence-corrected chi connectivity index (χ2v) is 6.86. The second-order valence-electron chi connectivity index (χ2n) is 6.86. The summed E-state index contributed by atoms with van der Waals surface area (Å²) in [6.45, 7) is 2.53. The molecule has 4 nitrogen and oxygen atoms in total. The van der Waals surface area contributed by atoms with Crippen LogP contribution in [0.3, 0.4) is 0 Å². The van der Waals surface area contributed by atoms with Crippen molar-refractivity contribution >= 4 is 5.91 Å². The number of nitrogens with zero attached hydrogens (tertiary/aromatic N) is 2. The minimum Gasteiger partial charge on any atom is -0.496 e. The third-order valence-electron chi connectivity index (χ3n) is 5.41. The molecule has 0 spiro atoms. The highest BCUT2D eigenvalue weighted by atomic mass is 16.5. The molecule has 2 aliphatic rings. The van der Waals surface area contributed by atoms with E-state index in [4.69, 9.17) is 4.74 Å². The Kier molecular flexibility index (Phi) is 5.21. The van der Waals surface area contributed by atoms with Gasteiger partial charge in [0.15, 0.2) is 0 Å². The molecule has 0 radical (unpaired) electrons. The van der Waals surface area contributed by atoms with Crippen molar-refractivity contribution in [1.82, 2.24) is 9.80 Å². The van der Waals surface area contributed by atoms with Crippen LogP contribution in [0.25, 0.3) is 0 Å². The topological polar surface area (TPSA) is 32.8 Å². The van der Waals surface area contributed by atoms with Crippen molar-refractivity contribution in [2.24, 2.45) is 5.92 Å². The van der Waals surface area contributed by atoms with Crippen LogP contribution in [0.15, 0.2) is 24.3 Å². The van der Waals surface area contributed by atoms with Crippen molar-refractivity contribution in [2.75, 3.05) is 33.8 Å². The number of carbonyl (C=O) groups excluding carboxylic acids is 1. The van der Waals surface area contributed by atoms with E-state index >= 15 is 0 Å². The average molecular weight is 316 g/mol. The fraction of sp³-hybridized carbons (Fsp3) is 0.632. The maximum atomic E-state index is 12.9. The Hall–Kier alpha value is -1.55.